The SMILES string of the molecule is [OH+]=C(CCCCC(=[OH+])OS(c1ccccc1)(c1ccccc1)c1ccccc1)OS(c1ccccc1)(c1ccccc1)c1ccccc1. The fraction of sp³-hybridized carbons (Fsp3) is 0.0952. The summed E-state index contributed by atoms with van der Waals surface area (Å²) >= 11 is 0. The molecule has 4 nitrogen and oxygen atoms in total. The Morgan fingerprint density at radius 3 is 0.708 bits per heavy atom. The van der Waals surface area contributed by atoms with Crippen LogP contribution in [0.2, 0.25) is 0 Å². The van der Waals surface area contributed by atoms with Crippen molar-refractivity contribution in [2.75, 3.05) is 0 Å². The molecule has 0 radical (unpaired) electrons. The van der Waals surface area contributed by atoms with Crippen LogP contribution in [0.25, 0.3) is 0 Å². The van der Waals surface area contributed by atoms with E-state index >= 15 is 0 Å². The topological polar surface area (TPSA) is 61.3 Å². The summed E-state index contributed by atoms with van der Waals surface area (Å²) in [5.41, 5.74) is 0. The van der Waals surface area contributed by atoms with E-state index in [0.717, 1.165) is 29.4 Å². The number of rotatable bonds is 13. The van der Waals surface area contributed by atoms with Crippen LogP contribution in [-0.4, -0.2) is 21.5 Å². The van der Waals surface area contributed by atoms with Gasteiger partial charge >= 0.3 is 11.9 Å². The zero-order chi connectivity index (χ0) is 33.1. The van der Waals surface area contributed by atoms with Gasteiger partial charge in [0.05, 0.1) is 50.0 Å². The molecule has 0 atom stereocenters. The van der Waals surface area contributed by atoms with Crippen LogP contribution < -0.4 is 0 Å². The molecule has 2 N–H and O–H groups in total. The van der Waals surface area contributed by atoms with Crippen LogP contribution in [0, 0.1) is 0 Å². The van der Waals surface area contributed by atoms with E-state index in [4.69, 9.17) is 8.37 Å². The van der Waals surface area contributed by atoms with E-state index < -0.39 is 20.6 Å². The molecule has 0 spiro atoms. The van der Waals surface area contributed by atoms with Gasteiger partial charge in [-0.2, -0.15) is 0 Å². The molecule has 6 aromatic carbocycles. The Kier molecular flexibility index (Phi) is 10.8. The van der Waals surface area contributed by atoms with Crippen LogP contribution in [0.5, 0.6) is 0 Å². The van der Waals surface area contributed by atoms with E-state index in [9.17, 15) is 9.59 Å². The lowest BCUT2D eigenvalue weighted by atomic mass is 10.2. The fourth-order valence-electron chi connectivity index (χ4n) is 5.70. The summed E-state index contributed by atoms with van der Waals surface area (Å²) in [6, 6.07) is 60.7. The lowest BCUT2D eigenvalue weighted by molar-refractivity contribution is 0.458. The zero-order valence-corrected chi connectivity index (χ0v) is 28.3. The second-order valence-electron chi connectivity index (χ2n) is 11.2. The lowest BCUT2D eigenvalue weighted by Crippen LogP contribution is -2.15. The van der Waals surface area contributed by atoms with E-state index in [1.807, 2.05) is 109 Å². The monoisotopic (exact) mass is 672 g/mol. The molecule has 242 valence electrons. The van der Waals surface area contributed by atoms with E-state index in [1.54, 1.807) is 0 Å². The van der Waals surface area contributed by atoms with Crippen molar-refractivity contribution in [3.8, 4) is 0 Å². The van der Waals surface area contributed by atoms with Crippen LogP contribution in [-0.2, 0) is 8.37 Å². The molecule has 0 aromatic heterocycles. The van der Waals surface area contributed by atoms with Crippen molar-refractivity contribution in [1.29, 1.82) is 0 Å². The molecule has 0 heterocycles. The molecule has 0 amide bonds. The van der Waals surface area contributed by atoms with E-state index in [0.29, 0.717) is 25.7 Å². The van der Waals surface area contributed by atoms with Crippen molar-refractivity contribution in [2.45, 2.75) is 55.1 Å². The summed E-state index contributed by atoms with van der Waals surface area (Å²) in [7, 11) is -4.53. The van der Waals surface area contributed by atoms with Crippen molar-refractivity contribution in [3.63, 3.8) is 0 Å². The van der Waals surface area contributed by atoms with E-state index in [-0.39, 0.29) is 11.9 Å². The molecule has 0 aliphatic rings. The van der Waals surface area contributed by atoms with Crippen molar-refractivity contribution >= 4 is 32.6 Å². The quantitative estimate of drug-likeness (QED) is 0.0905. The predicted octanol–water partition coefficient (Wildman–Crippen LogP) is 11.4. The van der Waals surface area contributed by atoms with Gasteiger partial charge in [0.15, 0.2) is 0 Å². The average molecular weight is 673 g/mol. The number of unbranched alkanes of at least 4 members (excludes halogenated alkanes) is 1. The first kappa shape index (κ1) is 32.9. The lowest BCUT2D eigenvalue weighted by Gasteiger charge is -2.33. The van der Waals surface area contributed by atoms with Crippen molar-refractivity contribution < 1.29 is 18.0 Å². The molecule has 6 heteroatoms. The predicted molar refractivity (Wildman–Crippen MR) is 198 cm³/mol. The third-order valence-corrected chi connectivity index (χ3v) is 14.4. The number of benzene rings is 6. The third kappa shape index (κ3) is 7.10. The van der Waals surface area contributed by atoms with Gasteiger partial charge < -0.3 is 9.59 Å². The fourth-order valence-corrected chi connectivity index (χ4v) is 11.9. The molecular formula is C42H40O4S2+2. The molecule has 0 aliphatic carbocycles. The third-order valence-electron chi connectivity index (χ3n) is 7.92. The van der Waals surface area contributed by atoms with Gasteiger partial charge in [-0.3, -0.25) is 8.37 Å². The van der Waals surface area contributed by atoms with Crippen LogP contribution in [0.4, 0.5) is 0 Å². The summed E-state index contributed by atoms with van der Waals surface area (Å²) < 4.78 is 13.4. The number of hydrogen-bond donors (Lipinski definition) is 0. The minimum Gasteiger partial charge on any atom is -0.338 e. The van der Waals surface area contributed by atoms with E-state index in [2.05, 4.69) is 72.8 Å². The molecule has 6 rings (SSSR count). The van der Waals surface area contributed by atoms with Crippen LogP contribution in [0.3, 0.4) is 0 Å². The van der Waals surface area contributed by atoms with Crippen molar-refractivity contribution in [2.24, 2.45) is 0 Å². The van der Waals surface area contributed by atoms with Gasteiger partial charge in [0.2, 0.25) is 0 Å². The highest BCUT2D eigenvalue weighted by atomic mass is 32.3. The Labute approximate surface area is 286 Å². The molecule has 0 aliphatic heterocycles. The molecule has 0 unspecified atom stereocenters. The van der Waals surface area contributed by atoms with Gasteiger partial charge in [-0.15, -0.1) is 0 Å². The summed E-state index contributed by atoms with van der Waals surface area (Å²) in [6.45, 7) is 0. The molecule has 48 heavy (non-hydrogen) atoms. The Bertz CT molecular complexity index is 1550. The van der Waals surface area contributed by atoms with Gasteiger partial charge in [0.1, 0.15) is 12.8 Å². The average Bonchev–Trinajstić information content (AvgIpc) is 3.17. The Morgan fingerprint density at radius 1 is 0.333 bits per heavy atom. The van der Waals surface area contributed by atoms with Gasteiger partial charge in [0.25, 0.3) is 0 Å². The minimum absolute atomic E-state index is 0.0280. The second kappa shape index (κ2) is 15.7. The molecule has 0 fully saturated rings. The first-order valence-electron chi connectivity index (χ1n) is 16.1. The summed E-state index contributed by atoms with van der Waals surface area (Å²) in [6.07, 6.45) is 1.83. The smallest absolute Gasteiger partial charge is 0.338 e. The van der Waals surface area contributed by atoms with Crippen LogP contribution >= 0.6 is 20.6 Å². The second-order valence-corrected chi connectivity index (χ2v) is 16.5. The largest absolute Gasteiger partial charge is 0.495 e. The van der Waals surface area contributed by atoms with Crippen LogP contribution in [0.15, 0.2) is 211 Å². The van der Waals surface area contributed by atoms with Gasteiger partial charge in [-0.1, -0.05) is 109 Å². The van der Waals surface area contributed by atoms with Crippen molar-refractivity contribution in [1.82, 2.24) is 0 Å². The summed E-state index contributed by atoms with van der Waals surface area (Å²) in [5, 5.41) is 0. The van der Waals surface area contributed by atoms with Crippen molar-refractivity contribution in [3.05, 3.63) is 182 Å². The first-order chi connectivity index (χ1) is 23.6. The number of carbonyl (C=O) groups excluding carboxylic acids is 2. The summed E-state index contributed by atoms with van der Waals surface area (Å²) in [4.78, 5) is 28.7. The standard InChI is InChI=1S/C42H38O4S2/c43-41(45-47(35-21-7-1-8-22-35,36-23-9-2-10-24-36)37-25-11-3-12-26-37)33-19-20-34-42(44)46-48(38-27-13-4-14-28-38,39-29-15-5-16-30-39)40-31-17-6-18-32-40/h1-18,21-32H,19-20,33-34H2/p+2. The highest BCUT2D eigenvalue weighted by Crippen LogP contribution is 2.70. The maximum atomic E-state index is 11.4. The van der Waals surface area contributed by atoms with Gasteiger partial charge in [0, 0.05) is 0 Å². The van der Waals surface area contributed by atoms with Crippen LogP contribution in [0.1, 0.15) is 25.7 Å². The highest BCUT2D eigenvalue weighted by molar-refractivity contribution is 8.30. The molecule has 0 saturated carbocycles. The first-order valence-corrected chi connectivity index (χ1v) is 19.2. The summed E-state index contributed by atoms with van der Waals surface area (Å²) in [5.74, 6) is -0.0559. The molecule has 6 aromatic rings. The highest BCUT2D eigenvalue weighted by Gasteiger charge is 2.43. The zero-order valence-electron chi connectivity index (χ0n) is 26.7. The van der Waals surface area contributed by atoms with Gasteiger partial charge in [-0.25, -0.2) is 0 Å². The number of hydrogen-bond acceptors (Lipinski definition) is 2. The Balaban J connectivity index is 1.20. The van der Waals surface area contributed by atoms with Gasteiger partial charge in [-0.05, 0) is 85.6 Å². The minimum atomic E-state index is -2.26. The molecule has 0 bridgehead atoms. The van der Waals surface area contributed by atoms with E-state index in [1.165, 1.54) is 0 Å². The normalized spacial score (nSPS) is 12.1. The Morgan fingerprint density at radius 2 is 0.521 bits per heavy atom. The Hall–Kier alpha value is -5.04. The maximum absolute atomic E-state index is 11.4. The molecular weight excluding hydrogens is 633 g/mol. The maximum Gasteiger partial charge on any atom is 0.495 e. The molecule has 0 saturated heterocycles.